The Morgan fingerprint density at radius 2 is 2.27 bits per heavy atom. The predicted octanol–water partition coefficient (Wildman–Crippen LogP) is -0.971. The third-order valence-electron chi connectivity index (χ3n) is 0.947. The number of hydrogen-bond donors (Lipinski definition) is 2. The van der Waals surface area contributed by atoms with Gasteiger partial charge in [0, 0.05) is 20.1 Å². The van der Waals surface area contributed by atoms with E-state index in [9.17, 15) is 4.79 Å². The van der Waals surface area contributed by atoms with Crippen LogP contribution in [-0.4, -0.2) is 32.8 Å². The molecule has 0 bridgehead atoms. The maximum atomic E-state index is 10.6. The summed E-state index contributed by atoms with van der Waals surface area (Å²) in [6.45, 7) is 1.15. The molecule has 5 nitrogen and oxygen atoms in total. The molecule has 1 amide bonds. The average Bonchev–Trinajstić information content (AvgIpc) is 1.99. The first kappa shape index (κ1) is 10.3. The van der Waals surface area contributed by atoms with Crippen LogP contribution < -0.4 is 11.2 Å². The summed E-state index contributed by atoms with van der Waals surface area (Å²) >= 11 is 0. The standard InChI is InChI=1S/C6H14N2O3/c1-10-4-5-11-8-6(9)2-3-7/h2-5,7H2,1H3,(H,8,9). The van der Waals surface area contributed by atoms with Gasteiger partial charge in [0.25, 0.3) is 0 Å². The van der Waals surface area contributed by atoms with Crippen LogP contribution in [0.15, 0.2) is 0 Å². The van der Waals surface area contributed by atoms with Gasteiger partial charge in [-0.1, -0.05) is 0 Å². The summed E-state index contributed by atoms with van der Waals surface area (Å²) in [4.78, 5) is 15.4. The Bertz CT molecular complexity index is 108. The van der Waals surface area contributed by atoms with Gasteiger partial charge >= 0.3 is 0 Å². The van der Waals surface area contributed by atoms with Crippen molar-refractivity contribution < 1.29 is 14.4 Å². The van der Waals surface area contributed by atoms with Crippen LogP contribution in [0.4, 0.5) is 0 Å². The molecule has 0 aliphatic rings. The zero-order chi connectivity index (χ0) is 8.53. The first-order valence-electron chi connectivity index (χ1n) is 3.41. The number of carbonyl (C=O) groups is 1. The van der Waals surface area contributed by atoms with Gasteiger partial charge in [-0.05, 0) is 0 Å². The molecule has 0 aromatic heterocycles. The summed E-state index contributed by atoms with van der Waals surface area (Å²) in [6.07, 6.45) is 0.285. The summed E-state index contributed by atoms with van der Waals surface area (Å²) in [5.74, 6) is -0.205. The first-order chi connectivity index (χ1) is 5.31. The molecule has 11 heavy (non-hydrogen) atoms. The number of ether oxygens (including phenoxy) is 1. The molecule has 0 fully saturated rings. The predicted molar refractivity (Wildman–Crippen MR) is 39.6 cm³/mol. The number of hydrogen-bond acceptors (Lipinski definition) is 4. The van der Waals surface area contributed by atoms with Crippen molar-refractivity contribution in [2.45, 2.75) is 6.42 Å². The second kappa shape index (κ2) is 7.46. The highest BCUT2D eigenvalue weighted by atomic mass is 16.7. The van der Waals surface area contributed by atoms with Gasteiger partial charge in [-0.3, -0.25) is 9.63 Å². The molecule has 0 aromatic carbocycles. The maximum Gasteiger partial charge on any atom is 0.244 e. The Morgan fingerprint density at radius 3 is 2.82 bits per heavy atom. The van der Waals surface area contributed by atoms with Crippen LogP contribution in [0.1, 0.15) is 6.42 Å². The Balaban J connectivity index is 3.04. The number of nitrogens with one attached hydrogen (secondary N) is 1. The maximum absolute atomic E-state index is 10.6. The fraction of sp³-hybridized carbons (Fsp3) is 0.833. The summed E-state index contributed by atoms with van der Waals surface area (Å²) in [7, 11) is 1.56. The minimum absolute atomic E-state index is 0.205. The Morgan fingerprint density at radius 1 is 1.55 bits per heavy atom. The van der Waals surface area contributed by atoms with E-state index in [0.717, 1.165) is 0 Å². The molecular formula is C6H14N2O3. The van der Waals surface area contributed by atoms with Crippen molar-refractivity contribution in [1.29, 1.82) is 0 Å². The molecule has 0 saturated carbocycles. The largest absolute Gasteiger partial charge is 0.382 e. The van der Waals surface area contributed by atoms with E-state index in [0.29, 0.717) is 19.8 Å². The number of carbonyl (C=O) groups excluding carboxylic acids is 1. The third kappa shape index (κ3) is 7.24. The minimum atomic E-state index is -0.205. The van der Waals surface area contributed by atoms with E-state index >= 15 is 0 Å². The highest BCUT2D eigenvalue weighted by Crippen LogP contribution is 1.75. The van der Waals surface area contributed by atoms with Crippen molar-refractivity contribution in [2.75, 3.05) is 26.9 Å². The van der Waals surface area contributed by atoms with E-state index in [2.05, 4.69) is 10.2 Å². The molecule has 0 aromatic rings. The monoisotopic (exact) mass is 162 g/mol. The molecule has 0 saturated heterocycles. The van der Waals surface area contributed by atoms with E-state index in [4.69, 9.17) is 10.6 Å². The van der Waals surface area contributed by atoms with Crippen molar-refractivity contribution >= 4 is 5.91 Å². The van der Waals surface area contributed by atoms with Gasteiger partial charge in [0.15, 0.2) is 0 Å². The molecule has 0 aliphatic carbocycles. The number of hydroxylamine groups is 1. The van der Waals surface area contributed by atoms with Crippen LogP contribution in [-0.2, 0) is 14.4 Å². The molecule has 3 N–H and O–H groups in total. The fourth-order valence-electron chi connectivity index (χ4n) is 0.439. The highest BCUT2D eigenvalue weighted by molar-refractivity contribution is 5.74. The highest BCUT2D eigenvalue weighted by Gasteiger charge is 1.96. The van der Waals surface area contributed by atoms with Gasteiger partial charge in [-0.15, -0.1) is 0 Å². The Hall–Kier alpha value is -0.650. The lowest BCUT2D eigenvalue weighted by atomic mass is 10.4. The van der Waals surface area contributed by atoms with Crippen molar-refractivity contribution in [3.8, 4) is 0 Å². The van der Waals surface area contributed by atoms with Crippen molar-refractivity contribution in [1.82, 2.24) is 5.48 Å². The van der Waals surface area contributed by atoms with E-state index in [1.54, 1.807) is 7.11 Å². The van der Waals surface area contributed by atoms with Gasteiger partial charge in [-0.25, -0.2) is 5.48 Å². The van der Waals surface area contributed by atoms with Crippen LogP contribution in [0.25, 0.3) is 0 Å². The molecule has 0 heterocycles. The molecule has 0 spiro atoms. The summed E-state index contributed by atoms with van der Waals surface area (Å²) in [6, 6.07) is 0. The average molecular weight is 162 g/mol. The van der Waals surface area contributed by atoms with Crippen LogP contribution in [0, 0.1) is 0 Å². The molecule has 0 unspecified atom stereocenters. The normalized spacial score (nSPS) is 9.64. The first-order valence-corrected chi connectivity index (χ1v) is 3.41. The molecule has 0 aliphatic heterocycles. The molecule has 0 radical (unpaired) electrons. The van der Waals surface area contributed by atoms with Gasteiger partial charge in [0.05, 0.1) is 13.2 Å². The van der Waals surface area contributed by atoms with Crippen LogP contribution in [0.2, 0.25) is 0 Å². The second-order valence-corrected chi connectivity index (χ2v) is 1.91. The van der Waals surface area contributed by atoms with E-state index < -0.39 is 0 Å². The van der Waals surface area contributed by atoms with Gasteiger partial charge in [0.2, 0.25) is 5.91 Å². The summed E-state index contributed by atoms with van der Waals surface area (Å²) in [5, 5.41) is 0. The molecular weight excluding hydrogens is 148 g/mol. The van der Waals surface area contributed by atoms with E-state index in [1.165, 1.54) is 0 Å². The van der Waals surface area contributed by atoms with Crippen molar-refractivity contribution in [3.63, 3.8) is 0 Å². The second-order valence-electron chi connectivity index (χ2n) is 1.91. The fourth-order valence-corrected chi connectivity index (χ4v) is 0.439. The van der Waals surface area contributed by atoms with Gasteiger partial charge < -0.3 is 10.5 Å². The van der Waals surface area contributed by atoms with Crippen molar-refractivity contribution in [2.24, 2.45) is 5.73 Å². The quantitative estimate of drug-likeness (QED) is 0.389. The zero-order valence-electron chi connectivity index (χ0n) is 6.63. The summed E-state index contributed by atoms with van der Waals surface area (Å²) in [5.41, 5.74) is 7.34. The molecule has 0 rings (SSSR count). The molecule has 66 valence electrons. The lowest BCUT2D eigenvalue weighted by molar-refractivity contribution is -0.134. The topological polar surface area (TPSA) is 73.6 Å². The lowest BCUT2D eigenvalue weighted by Gasteiger charge is -2.03. The molecule has 5 heteroatoms. The SMILES string of the molecule is COCCONC(=O)CCN. The number of methoxy groups -OCH3 is 1. The zero-order valence-corrected chi connectivity index (χ0v) is 6.63. The Kier molecular flexibility index (Phi) is 7.02. The minimum Gasteiger partial charge on any atom is -0.382 e. The number of nitrogens with two attached hydrogens (primary N) is 1. The lowest BCUT2D eigenvalue weighted by Crippen LogP contribution is -2.27. The van der Waals surface area contributed by atoms with E-state index in [1.807, 2.05) is 0 Å². The number of amides is 1. The smallest absolute Gasteiger partial charge is 0.244 e. The third-order valence-corrected chi connectivity index (χ3v) is 0.947. The van der Waals surface area contributed by atoms with E-state index in [-0.39, 0.29) is 12.3 Å². The van der Waals surface area contributed by atoms with Crippen LogP contribution in [0.5, 0.6) is 0 Å². The van der Waals surface area contributed by atoms with Crippen LogP contribution in [0.3, 0.4) is 0 Å². The van der Waals surface area contributed by atoms with Gasteiger partial charge in [-0.2, -0.15) is 0 Å². The Labute approximate surface area is 65.8 Å². The van der Waals surface area contributed by atoms with Crippen LogP contribution >= 0.6 is 0 Å². The van der Waals surface area contributed by atoms with Crippen molar-refractivity contribution in [3.05, 3.63) is 0 Å². The number of rotatable bonds is 6. The molecule has 0 atom stereocenters. The van der Waals surface area contributed by atoms with Gasteiger partial charge in [0.1, 0.15) is 0 Å². The summed E-state index contributed by atoms with van der Waals surface area (Å²) < 4.78 is 4.68.